The number of nitrogens with two attached hydrogens (primary N) is 1. The van der Waals surface area contributed by atoms with Gasteiger partial charge in [0.25, 0.3) is 5.91 Å². The van der Waals surface area contributed by atoms with Crippen LogP contribution in [0.4, 0.5) is 0 Å². The van der Waals surface area contributed by atoms with Gasteiger partial charge in [0.05, 0.1) is 10.6 Å². The van der Waals surface area contributed by atoms with Crippen molar-refractivity contribution in [3.05, 3.63) is 28.5 Å². The second kappa shape index (κ2) is 6.55. The fourth-order valence-electron chi connectivity index (χ4n) is 1.10. The van der Waals surface area contributed by atoms with Gasteiger partial charge in [0.2, 0.25) is 0 Å². The summed E-state index contributed by atoms with van der Waals surface area (Å²) in [5, 5.41) is 2.77. The number of hydrogen-bond donors (Lipinski definition) is 2. The van der Waals surface area contributed by atoms with Gasteiger partial charge in [-0.05, 0) is 34.8 Å². The second-order valence-electron chi connectivity index (χ2n) is 3.22. The van der Waals surface area contributed by atoms with E-state index in [1.165, 1.54) is 6.20 Å². The van der Waals surface area contributed by atoms with Crippen LogP contribution in [0.1, 0.15) is 23.2 Å². The van der Waals surface area contributed by atoms with E-state index in [1.807, 2.05) is 0 Å². The molecular formula is C10H12BrN3OS. The van der Waals surface area contributed by atoms with Crippen LogP contribution in [-0.2, 0) is 0 Å². The zero-order valence-corrected chi connectivity index (χ0v) is 11.0. The van der Waals surface area contributed by atoms with Gasteiger partial charge in [-0.15, -0.1) is 0 Å². The number of carbonyl (C=O) groups is 1. The molecule has 4 nitrogen and oxygen atoms in total. The first kappa shape index (κ1) is 13.1. The lowest BCUT2D eigenvalue weighted by Gasteiger charge is -2.04. The Morgan fingerprint density at radius 1 is 1.56 bits per heavy atom. The van der Waals surface area contributed by atoms with E-state index in [0.29, 0.717) is 23.5 Å². The lowest BCUT2D eigenvalue weighted by atomic mass is 10.2. The van der Waals surface area contributed by atoms with Crippen LogP contribution >= 0.6 is 28.1 Å². The maximum absolute atomic E-state index is 11.6. The normalized spacial score (nSPS) is 9.81. The van der Waals surface area contributed by atoms with E-state index >= 15 is 0 Å². The van der Waals surface area contributed by atoms with Crippen molar-refractivity contribution >= 4 is 39.0 Å². The molecule has 1 amide bonds. The van der Waals surface area contributed by atoms with Crippen LogP contribution in [0, 0.1) is 0 Å². The molecule has 0 aliphatic heterocycles. The van der Waals surface area contributed by atoms with Crippen LogP contribution in [0.15, 0.2) is 22.9 Å². The van der Waals surface area contributed by atoms with Gasteiger partial charge < -0.3 is 11.1 Å². The van der Waals surface area contributed by atoms with Crippen molar-refractivity contribution in [2.45, 2.75) is 12.8 Å². The number of nitrogens with one attached hydrogen (secondary N) is 1. The van der Waals surface area contributed by atoms with Crippen LogP contribution < -0.4 is 11.1 Å². The number of carbonyl (C=O) groups excluding carboxylic acids is 1. The fraction of sp³-hybridized carbons (Fsp3) is 0.300. The quantitative estimate of drug-likeness (QED) is 0.641. The molecule has 1 rings (SSSR count). The Morgan fingerprint density at radius 3 is 2.94 bits per heavy atom. The molecule has 0 aromatic carbocycles. The molecule has 0 saturated carbocycles. The van der Waals surface area contributed by atoms with Crippen LogP contribution in [-0.4, -0.2) is 22.4 Å². The molecule has 0 spiro atoms. The number of aromatic nitrogens is 1. The largest absolute Gasteiger partial charge is 0.393 e. The Balaban J connectivity index is 2.38. The molecule has 0 saturated heterocycles. The van der Waals surface area contributed by atoms with Gasteiger partial charge in [0.15, 0.2) is 0 Å². The summed E-state index contributed by atoms with van der Waals surface area (Å²) in [5.74, 6) is -0.142. The minimum atomic E-state index is -0.142. The fourth-order valence-corrected chi connectivity index (χ4v) is 1.61. The average molecular weight is 302 g/mol. The summed E-state index contributed by atoms with van der Waals surface area (Å²) >= 11 is 7.99. The lowest BCUT2D eigenvalue weighted by Crippen LogP contribution is -2.25. The van der Waals surface area contributed by atoms with Crippen molar-refractivity contribution in [2.75, 3.05) is 6.54 Å². The highest BCUT2D eigenvalue weighted by Gasteiger charge is 2.05. The van der Waals surface area contributed by atoms with Crippen molar-refractivity contribution in [3.8, 4) is 0 Å². The third-order valence-electron chi connectivity index (χ3n) is 1.85. The highest BCUT2D eigenvalue weighted by atomic mass is 79.9. The molecule has 0 aliphatic rings. The number of halogens is 1. The summed E-state index contributed by atoms with van der Waals surface area (Å²) in [4.78, 5) is 16.0. The van der Waals surface area contributed by atoms with Crippen LogP contribution in [0.2, 0.25) is 0 Å². The first-order chi connectivity index (χ1) is 7.59. The van der Waals surface area contributed by atoms with E-state index in [2.05, 4.69) is 26.2 Å². The zero-order chi connectivity index (χ0) is 12.0. The minimum Gasteiger partial charge on any atom is -0.393 e. The maximum atomic E-state index is 11.6. The molecule has 0 bridgehead atoms. The predicted octanol–water partition coefficient (Wildman–Crippen LogP) is 1.64. The molecule has 0 unspecified atom stereocenters. The van der Waals surface area contributed by atoms with Crippen molar-refractivity contribution in [3.63, 3.8) is 0 Å². The van der Waals surface area contributed by atoms with E-state index in [9.17, 15) is 4.79 Å². The molecule has 86 valence electrons. The summed E-state index contributed by atoms with van der Waals surface area (Å²) in [7, 11) is 0. The molecular weight excluding hydrogens is 290 g/mol. The lowest BCUT2D eigenvalue weighted by molar-refractivity contribution is 0.0953. The average Bonchev–Trinajstić information content (AvgIpc) is 2.24. The van der Waals surface area contributed by atoms with E-state index < -0.39 is 0 Å². The van der Waals surface area contributed by atoms with Crippen LogP contribution in [0.25, 0.3) is 0 Å². The molecule has 0 atom stereocenters. The van der Waals surface area contributed by atoms with Gasteiger partial charge in [-0.2, -0.15) is 0 Å². The minimum absolute atomic E-state index is 0.142. The number of nitrogens with zero attached hydrogens (tertiary/aromatic N) is 1. The molecule has 16 heavy (non-hydrogen) atoms. The summed E-state index contributed by atoms with van der Waals surface area (Å²) in [5.41, 5.74) is 5.87. The summed E-state index contributed by atoms with van der Waals surface area (Å²) in [6.45, 7) is 0.558. The Morgan fingerprint density at radius 2 is 2.31 bits per heavy atom. The first-order valence-corrected chi connectivity index (χ1v) is 5.97. The van der Waals surface area contributed by atoms with Gasteiger partial charge in [-0.3, -0.25) is 9.78 Å². The Hall–Kier alpha value is -1.01. The highest BCUT2D eigenvalue weighted by molar-refractivity contribution is 9.10. The highest BCUT2D eigenvalue weighted by Crippen LogP contribution is 2.09. The summed E-state index contributed by atoms with van der Waals surface area (Å²) in [6, 6.07) is 1.72. The number of amides is 1. The number of pyridine rings is 1. The second-order valence-corrected chi connectivity index (χ2v) is 4.66. The molecule has 3 N–H and O–H groups in total. The predicted molar refractivity (Wildman–Crippen MR) is 70.3 cm³/mol. The van der Waals surface area contributed by atoms with Crippen molar-refractivity contribution in [1.29, 1.82) is 0 Å². The van der Waals surface area contributed by atoms with Gasteiger partial charge in [-0.1, -0.05) is 12.2 Å². The van der Waals surface area contributed by atoms with Crippen LogP contribution in [0.3, 0.4) is 0 Å². The molecule has 6 heteroatoms. The Bertz CT molecular complexity index is 397. The Kier molecular flexibility index (Phi) is 5.34. The zero-order valence-electron chi connectivity index (χ0n) is 8.57. The van der Waals surface area contributed by atoms with E-state index in [4.69, 9.17) is 18.0 Å². The number of thiocarbonyl (C=S) groups is 1. The third kappa shape index (κ3) is 4.67. The molecule has 1 aromatic heterocycles. The van der Waals surface area contributed by atoms with E-state index in [1.54, 1.807) is 12.3 Å². The van der Waals surface area contributed by atoms with Crippen molar-refractivity contribution in [1.82, 2.24) is 10.3 Å². The molecule has 1 aromatic rings. The van der Waals surface area contributed by atoms with E-state index in [-0.39, 0.29) is 5.91 Å². The smallest absolute Gasteiger partial charge is 0.252 e. The van der Waals surface area contributed by atoms with Gasteiger partial charge in [0.1, 0.15) is 0 Å². The van der Waals surface area contributed by atoms with Crippen molar-refractivity contribution < 1.29 is 4.79 Å². The van der Waals surface area contributed by atoms with Crippen LogP contribution in [0.5, 0.6) is 0 Å². The molecule has 0 fully saturated rings. The topological polar surface area (TPSA) is 68.0 Å². The Labute approximate surface area is 108 Å². The number of rotatable bonds is 5. The molecule has 1 heterocycles. The third-order valence-corrected chi connectivity index (χ3v) is 2.49. The summed E-state index contributed by atoms with van der Waals surface area (Å²) in [6.07, 6.45) is 4.55. The van der Waals surface area contributed by atoms with Crippen molar-refractivity contribution in [2.24, 2.45) is 5.73 Å². The van der Waals surface area contributed by atoms with E-state index in [0.717, 1.165) is 10.9 Å². The van der Waals surface area contributed by atoms with Gasteiger partial charge in [-0.25, -0.2) is 0 Å². The molecule has 0 radical (unpaired) electrons. The summed E-state index contributed by atoms with van der Waals surface area (Å²) < 4.78 is 0.781. The first-order valence-electron chi connectivity index (χ1n) is 4.76. The van der Waals surface area contributed by atoms with Gasteiger partial charge in [0, 0.05) is 23.4 Å². The number of hydrogen-bond acceptors (Lipinski definition) is 3. The SMILES string of the molecule is NC(=S)CCCNC(=O)c1cncc(Br)c1. The van der Waals surface area contributed by atoms with Gasteiger partial charge >= 0.3 is 0 Å². The molecule has 0 aliphatic carbocycles. The monoisotopic (exact) mass is 301 g/mol. The maximum Gasteiger partial charge on any atom is 0.252 e. The standard InChI is InChI=1S/C10H12BrN3OS/c11-8-4-7(5-13-6-8)10(15)14-3-1-2-9(12)16/h4-6H,1-3H2,(H2,12,16)(H,14,15).